The molecule has 60 valence electrons. The summed E-state index contributed by atoms with van der Waals surface area (Å²) in [6.45, 7) is 0. The van der Waals surface area contributed by atoms with Gasteiger partial charge < -0.3 is 5.73 Å². The molecule has 0 spiro atoms. The fraction of sp³-hybridized carbons (Fsp3) is 1.00. The Morgan fingerprint density at radius 2 is 1.90 bits per heavy atom. The monoisotopic (exact) mass is 159 g/mol. The maximum atomic E-state index is 5.79. The van der Waals surface area contributed by atoms with E-state index in [2.05, 4.69) is 6.26 Å². The Morgan fingerprint density at radius 3 is 2.40 bits per heavy atom. The van der Waals surface area contributed by atoms with Gasteiger partial charge in [-0.15, -0.1) is 0 Å². The predicted octanol–water partition coefficient (Wildman–Crippen LogP) is 1.87. The average Bonchev–Trinajstić information content (AvgIpc) is 1.95. The summed E-state index contributed by atoms with van der Waals surface area (Å²) in [6.07, 6.45) is 7.43. The highest BCUT2D eigenvalue weighted by atomic mass is 32.2. The first-order chi connectivity index (χ1) is 4.83. The number of hydrogen-bond acceptors (Lipinski definition) is 2. The molecular weight excluding hydrogens is 142 g/mol. The van der Waals surface area contributed by atoms with Crippen LogP contribution in [0.5, 0.6) is 0 Å². The Kier molecular flexibility index (Phi) is 3.57. The molecule has 10 heavy (non-hydrogen) atoms. The van der Waals surface area contributed by atoms with E-state index < -0.39 is 0 Å². The second-order valence-corrected chi connectivity index (χ2v) is 4.15. The van der Waals surface area contributed by atoms with E-state index in [1.165, 1.54) is 31.4 Å². The van der Waals surface area contributed by atoms with Crippen LogP contribution in [0.1, 0.15) is 25.7 Å². The van der Waals surface area contributed by atoms with Crippen molar-refractivity contribution in [2.45, 2.75) is 31.7 Å². The van der Waals surface area contributed by atoms with E-state index in [0.29, 0.717) is 6.04 Å². The molecule has 2 N–H and O–H groups in total. The molecule has 1 rings (SSSR count). The smallest absolute Gasteiger partial charge is 0.00390 e. The van der Waals surface area contributed by atoms with Gasteiger partial charge in [0.1, 0.15) is 0 Å². The highest BCUT2D eigenvalue weighted by Crippen LogP contribution is 2.25. The third kappa shape index (κ3) is 2.51. The second kappa shape index (κ2) is 4.24. The van der Waals surface area contributed by atoms with Gasteiger partial charge in [0.25, 0.3) is 0 Å². The van der Waals surface area contributed by atoms with Crippen molar-refractivity contribution in [3.05, 3.63) is 0 Å². The van der Waals surface area contributed by atoms with Crippen LogP contribution in [0, 0.1) is 5.92 Å². The van der Waals surface area contributed by atoms with Crippen molar-refractivity contribution in [2.75, 3.05) is 12.0 Å². The van der Waals surface area contributed by atoms with Gasteiger partial charge in [-0.25, -0.2) is 0 Å². The Labute approximate surface area is 67.8 Å². The van der Waals surface area contributed by atoms with E-state index in [-0.39, 0.29) is 0 Å². The van der Waals surface area contributed by atoms with Crippen molar-refractivity contribution < 1.29 is 0 Å². The van der Waals surface area contributed by atoms with Gasteiger partial charge in [-0.2, -0.15) is 11.8 Å². The first-order valence-electron chi connectivity index (χ1n) is 4.07. The molecule has 0 aromatic carbocycles. The molecule has 0 heterocycles. The summed E-state index contributed by atoms with van der Waals surface area (Å²) in [5, 5.41) is 0. The Bertz CT molecular complexity index is 87.3. The molecule has 0 aromatic rings. The summed E-state index contributed by atoms with van der Waals surface area (Å²) in [6, 6.07) is 0.512. The minimum Gasteiger partial charge on any atom is -0.328 e. The molecule has 1 saturated carbocycles. The van der Waals surface area contributed by atoms with Crippen molar-refractivity contribution >= 4 is 11.8 Å². The zero-order valence-corrected chi connectivity index (χ0v) is 7.49. The minimum absolute atomic E-state index is 0.512. The topological polar surface area (TPSA) is 26.0 Å². The van der Waals surface area contributed by atoms with Crippen LogP contribution in [0.15, 0.2) is 0 Å². The largest absolute Gasteiger partial charge is 0.328 e. The van der Waals surface area contributed by atoms with Gasteiger partial charge in [-0.1, -0.05) is 0 Å². The maximum absolute atomic E-state index is 5.79. The van der Waals surface area contributed by atoms with E-state index in [4.69, 9.17) is 5.73 Å². The van der Waals surface area contributed by atoms with E-state index in [1.807, 2.05) is 11.8 Å². The molecule has 1 aliphatic rings. The fourth-order valence-corrected chi connectivity index (χ4v) is 2.40. The summed E-state index contributed by atoms with van der Waals surface area (Å²) in [4.78, 5) is 0. The molecule has 0 radical (unpaired) electrons. The van der Waals surface area contributed by atoms with E-state index >= 15 is 0 Å². The Balaban J connectivity index is 2.13. The summed E-state index contributed by atoms with van der Waals surface area (Å²) in [5.41, 5.74) is 5.79. The minimum atomic E-state index is 0.512. The molecule has 0 atom stereocenters. The van der Waals surface area contributed by atoms with E-state index in [9.17, 15) is 0 Å². The molecular formula is C8H17NS. The summed E-state index contributed by atoms with van der Waals surface area (Å²) < 4.78 is 0. The summed E-state index contributed by atoms with van der Waals surface area (Å²) in [5.74, 6) is 2.31. The molecule has 0 saturated heterocycles. The van der Waals surface area contributed by atoms with Crippen molar-refractivity contribution in [3.63, 3.8) is 0 Å². The molecule has 1 nitrogen and oxygen atoms in total. The molecule has 1 aliphatic carbocycles. The van der Waals surface area contributed by atoms with Crippen LogP contribution in [-0.2, 0) is 0 Å². The zero-order valence-electron chi connectivity index (χ0n) is 6.68. The van der Waals surface area contributed by atoms with Crippen molar-refractivity contribution in [1.29, 1.82) is 0 Å². The average molecular weight is 159 g/mol. The van der Waals surface area contributed by atoms with Gasteiger partial charge in [0, 0.05) is 6.04 Å². The predicted molar refractivity (Wildman–Crippen MR) is 48.3 cm³/mol. The lowest BCUT2D eigenvalue weighted by atomic mass is 9.88. The number of hydrogen-bond donors (Lipinski definition) is 1. The highest BCUT2D eigenvalue weighted by Gasteiger charge is 2.17. The standard InChI is InChI=1S/C8H17NS/c1-10-6-7-2-4-8(9)5-3-7/h7-8H,2-6,9H2,1H3. The number of rotatable bonds is 2. The van der Waals surface area contributed by atoms with Gasteiger partial charge in [0.2, 0.25) is 0 Å². The van der Waals surface area contributed by atoms with Crippen LogP contribution in [0.3, 0.4) is 0 Å². The fourth-order valence-electron chi connectivity index (χ4n) is 1.59. The maximum Gasteiger partial charge on any atom is 0.00390 e. The van der Waals surface area contributed by atoms with Crippen LogP contribution >= 0.6 is 11.8 Å². The highest BCUT2D eigenvalue weighted by molar-refractivity contribution is 7.98. The first kappa shape index (κ1) is 8.41. The lowest BCUT2D eigenvalue weighted by Crippen LogP contribution is -2.27. The third-order valence-electron chi connectivity index (χ3n) is 2.29. The molecule has 0 bridgehead atoms. The van der Waals surface area contributed by atoms with Crippen LogP contribution in [0.4, 0.5) is 0 Å². The lowest BCUT2D eigenvalue weighted by molar-refractivity contribution is 0.352. The molecule has 0 unspecified atom stereocenters. The van der Waals surface area contributed by atoms with Crippen LogP contribution < -0.4 is 5.73 Å². The third-order valence-corrected chi connectivity index (χ3v) is 3.10. The summed E-state index contributed by atoms with van der Waals surface area (Å²) >= 11 is 1.97. The molecule has 1 fully saturated rings. The Hall–Kier alpha value is 0.310. The van der Waals surface area contributed by atoms with Crippen molar-refractivity contribution in [1.82, 2.24) is 0 Å². The Morgan fingerprint density at radius 1 is 1.30 bits per heavy atom. The zero-order chi connectivity index (χ0) is 7.40. The van der Waals surface area contributed by atoms with Gasteiger partial charge >= 0.3 is 0 Å². The van der Waals surface area contributed by atoms with Crippen molar-refractivity contribution in [3.8, 4) is 0 Å². The number of thioether (sulfide) groups is 1. The van der Waals surface area contributed by atoms with Crippen LogP contribution in [-0.4, -0.2) is 18.1 Å². The normalized spacial score (nSPS) is 34.2. The molecule has 2 heteroatoms. The second-order valence-electron chi connectivity index (χ2n) is 3.24. The lowest BCUT2D eigenvalue weighted by Gasteiger charge is -2.25. The molecule has 0 aromatic heterocycles. The van der Waals surface area contributed by atoms with Crippen LogP contribution in [0.25, 0.3) is 0 Å². The SMILES string of the molecule is CSCC1CCC(N)CC1. The quantitative estimate of drug-likeness (QED) is 0.665. The van der Waals surface area contributed by atoms with Gasteiger partial charge in [-0.05, 0) is 43.6 Å². The van der Waals surface area contributed by atoms with Crippen LogP contribution in [0.2, 0.25) is 0 Å². The van der Waals surface area contributed by atoms with Gasteiger partial charge in [0.15, 0.2) is 0 Å². The number of nitrogens with two attached hydrogens (primary N) is 1. The van der Waals surface area contributed by atoms with E-state index in [0.717, 1.165) is 5.92 Å². The van der Waals surface area contributed by atoms with Crippen molar-refractivity contribution in [2.24, 2.45) is 11.7 Å². The van der Waals surface area contributed by atoms with Gasteiger partial charge in [0.05, 0.1) is 0 Å². The molecule has 0 aliphatic heterocycles. The summed E-state index contributed by atoms with van der Waals surface area (Å²) in [7, 11) is 0. The first-order valence-corrected chi connectivity index (χ1v) is 5.47. The van der Waals surface area contributed by atoms with Gasteiger partial charge in [-0.3, -0.25) is 0 Å². The molecule has 0 amide bonds. The van der Waals surface area contributed by atoms with E-state index in [1.54, 1.807) is 0 Å².